The monoisotopic (exact) mass is 430 g/mol. The van der Waals surface area contributed by atoms with E-state index in [4.69, 9.17) is 19.5 Å². The minimum Gasteiger partial charge on any atom is -0.480 e. The van der Waals surface area contributed by atoms with E-state index < -0.39 is 0 Å². The van der Waals surface area contributed by atoms with Gasteiger partial charge in [-0.15, -0.1) is 0 Å². The van der Waals surface area contributed by atoms with E-state index in [-0.39, 0.29) is 23.4 Å². The lowest BCUT2D eigenvalue weighted by Gasteiger charge is -2.30. The Balaban J connectivity index is 1.94. The number of rotatable bonds is 10. The lowest BCUT2D eigenvalue weighted by atomic mass is 9.83. The molecule has 2 heterocycles. The van der Waals surface area contributed by atoms with Crippen molar-refractivity contribution in [3.8, 4) is 0 Å². The van der Waals surface area contributed by atoms with E-state index in [1.807, 2.05) is 19.9 Å². The molecule has 0 saturated carbocycles. The van der Waals surface area contributed by atoms with E-state index in [1.165, 1.54) is 0 Å². The largest absolute Gasteiger partial charge is 0.480 e. The first-order chi connectivity index (χ1) is 14.8. The molecule has 0 fully saturated rings. The standard InChI is InChI=1S/C24H38N4O3/c1-7-30-22-19(27-23(31-8-2)20(28-22)17(3)4)12-13-24(5,6)14-16-26-21(29)18-11-9-10-15-25-18/h9-11,15,17,19-20H,7-8,12-14,16H2,1-6H3,(H,26,29)/t19-,20+/m1/s1. The van der Waals surface area contributed by atoms with Crippen molar-refractivity contribution in [3.05, 3.63) is 30.1 Å². The number of nitrogens with zero attached hydrogens (tertiary/aromatic N) is 3. The van der Waals surface area contributed by atoms with Crippen LogP contribution in [0.5, 0.6) is 0 Å². The summed E-state index contributed by atoms with van der Waals surface area (Å²) in [5, 5.41) is 2.97. The van der Waals surface area contributed by atoms with Crippen molar-refractivity contribution in [1.29, 1.82) is 0 Å². The second kappa shape index (κ2) is 11.8. The second-order valence-corrected chi connectivity index (χ2v) is 8.93. The van der Waals surface area contributed by atoms with Gasteiger partial charge < -0.3 is 14.8 Å². The lowest BCUT2D eigenvalue weighted by Crippen LogP contribution is -2.38. The average molecular weight is 431 g/mol. The first-order valence-corrected chi connectivity index (χ1v) is 11.4. The molecule has 7 nitrogen and oxygen atoms in total. The predicted octanol–water partition coefficient (Wildman–Crippen LogP) is 4.28. The zero-order valence-corrected chi connectivity index (χ0v) is 19.9. The van der Waals surface area contributed by atoms with E-state index in [0.29, 0.717) is 43.2 Å². The Morgan fingerprint density at radius 2 is 1.81 bits per heavy atom. The van der Waals surface area contributed by atoms with E-state index in [1.54, 1.807) is 18.3 Å². The maximum atomic E-state index is 12.2. The molecular weight excluding hydrogens is 392 g/mol. The number of hydrogen-bond acceptors (Lipinski definition) is 6. The third kappa shape index (κ3) is 7.64. The summed E-state index contributed by atoms with van der Waals surface area (Å²) >= 11 is 0. The number of carbonyl (C=O) groups excluding carboxylic acids is 1. The van der Waals surface area contributed by atoms with Gasteiger partial charge in [-0.2, -0.15) is 0 Å². The molecule has 1 N–H and O–H groups in total. The zero-order valence-electron chi connectivity index (χ0n) is 19.9. The first kappa shape index (κ1) is 24.8. The molecule has 0 radical (unpaired) electrons. The van der Waals surface area contributed by atoms with Crippen LogP contribution in [-0.2, 0) is 9.47 Å². The van der Waals surface area contributed by atoms with Crippen LogP contribution in [0.25, 0.3) is 0 Å². The molecule has 1 aromatic rings. The summed E-state index contributed by atoms with van der Waals surface area (Å²) in [6.07, 6.45) is 4.23. The third-order valence-electron chi connectivity index (χ3n) is 5.38. The summed E-state index contributed by atoms with van der Waals surface area (Å²) in [6, 6.07) is 5.12. The molecule has 0 unspecified atom stereocenters. The van der Waals surface area contributed by atoms with Gasteiger partial charge in [-0.05, 0) is 56.6 Å². The van der Waals surface area contributed by atoms with E-state index in [2.05, 4.69) is 38.0 Å². The first-order valence-electron chi connectivity index (χ1n) is 11.4. The number of amides is 1. The summed E-state index contributed by atoms with van der Waals surface area (Å²) in [6.45, 7) is 14.4. The molecule has 1 aliphatic heterocycles. The average Bonchev–Trinajstić information content (AvgIpc) is 2.74. The fraction of sp³-hybridized carbons (Fsp3) is 0.667. The molecule has 2 rings (SSSR count). The van der Waals surface area contributed by atoms with E-state index in [0.717, 1.165) is 19.3 Å². The van der Waals surface area contributed by atoms with Crippen LogP contribution in [-0.4, -0.2) is 54.5 Å². The van der Waals surface area contributed by atoms with Gasteiger partial charge in [0.1, 0.15) is 17.8 Å². The van der Waals surface area contributed by atoms with Crippen LogP contribution in [0.3, 0.4) is 0 Å². The molecule has 0 aliphatic carbocycles. The normalized spacial score (nSPS) is 18.9. The Labute approximate surface area is 186 Å². The van der Waals surface area contributed by atoms with Crippen molar-refractivity contribution >= 4 is 17.7 Å². The molecule has 2 atom stereocenters. The van der Waals surface area contributed by atoms with Crippen molar-refractivity contribution in [2.24, 2.45) is 21.3 Å². The molecule has 0 spiro atoms. The minimum atomic E-state index is -0.139. The number of aliphatic imine (C=N–C) groups is 2. The highest BCUT2D eigenvalue weighted by Gasteiger charge is 2.32. The molecule has 0 saturated heterocycles. The molecule has 1 aliphatic rings. The Bertz CT molecular complexity index is 759. The molecule has 1 aromatic heterocycles. The van der Waals surface area contributed by atoms with Crippen molar-refractivity contribution < 1.29 is 14.3 Å². The molecule has 31 heavy (non-hydrogen) atoms. The maximum absolute atomic E-state index is 12.2. The number of ether oxygens (including phenoxy) is 2. The summed E-state index contributed by atoms with van der Waals surface area (Å²) in [7, 11) is 0. The SMILES string of the molecule is CCOC1=N[C@H](CCC(C)(C)CCNC(=O)c2ccccn2)C(OCC)=N[C@H]1C(C)C. The predicted molar refractivity (Wildman–Crippen MR) is 125 cm³/mol. The molecule has 172 valence electrons. The third-order valence-corrected chi connectivity index (χ3v) is 5.38. The van der Waals surface area contributed by atoms with Crippen LogP contribution < -0.4 is 5.32 Å². The molecule has 0 aromatic carbocycles. The van der Waals surface area contributed by atoms with Gasteiger partial charge in [-0.3, -0.25) is 9.78 Å². The lowest BCUT2D eigenvalue weighted by molar-refractivity contribution is 0.0943. The summed E-state index contributed by atoms with van der Waals surface area (Å²) in [4.78, 5) is 26.0. The maximum Gasteiger partial charge on any atom is 0.269 e. The Kier molecular flexibility index (Phi) is 9.46. The summed E-state index contributed by atoms with van der Waals surface area (Å²) in [5.74, 6) is 1.58. The van der Waals surface area contributed by atoms with Crippen LogP contribution in [0.4, 0.5) is 0 Å². The zero-order chi connectivity index (χ0) is 22.9. The highest BCUT2D eigenvalue weighted by Crippen LogP contribution is 2.29. The molecular formula is C24H38N4O3. The van der Waals surface area contributed by atoms with Crippen LogP contribution in [0.2, 0.25) is 0 Å². The Morgan fingerprint density at radius 3 is 2.42 bits per heavy atom. The van der Waals surface area contributed by atoms with Crippen molar-refractivity contribution in [2.75, 3.05) is 19.8 Å². The van der Waals surface area contributed by atoms with Crippen molar-refractivity contribution in [3.63, 3.8) is 0 Å². The van der Waals surface area contributed by atoms with E-state index in [9.17, 15) is 4.79 Å². The van der Waals surface area contributed by atoms with Crippen molar-refractivity contribution in [1.82, 2.24) is 10.3 Å². The summed E-state index contributed by atoms with van der Waals surface area (Å²) in [5.41, 5.74) is 0.475. The molecule has 7 heteroatoms. The summed E-state index contributed by atoms with van der Waals surface area (Å²) < 4.78 is 11.7. The highest BCUT2D eigenvalue weighted by atomic mass is 16.5. The molecule has 0 bridgehead atoms. The number of nitrogens with one attached hydrogen (secondary N) is 1. The Hall–Kier alpha value is -2.44. The van der Waals surface area contributed by atoms with Crippen LogP contribution in [0, 0.1) is 11.3 Å². The minimum absolute atomic E-state index is 0.0327. The van der Waals surface area contributed by atoms with Crippen LogP contribution in [0.15, 0.2) is 34.4 Å². The Morgan fingerprint density at radius 1 is 1.10 bits per heavy atom. The second-order valence-electron chi connectivity index (χ2n) is 8.93. The topological polar surface area (TPSA) is 85.2 Å². The smallest absolute Gasteiger partial charge is 0.269 e. The fourth-order valence-corrected chi connectivity index (χ4v) is 3.49. The number of hydrogen-bond donors (Lipinski definition) is 1. The van der Waals surface area contributed by atoms with Gasteiger partial charge in [0.2, 0.25) is 11.8 Å². The number of pyridine rings is 1. The molecule has 1 amide bonds. The van der Waals surface area contributed by atoms with Crippen molar-refractivity contribution in [2.45, 2.75) is 72.9 Å². The van der Waals surface area contributed by atoms with Crippen LogP contribution >= 0.6 is 0 Å². The fourth-order valence-electron chi connectivity index (χ4n) is 3.49. The van der Waals surface area contributed by atoms with Gasteiger partial charge in [0.15, 0.2) is 0 Å². The van der Waals surface area contributed by atoms with Gasteiger partial charge in [0.05, 0.1) is 13.2 Å². The van der Waals surface area contributed by atoms with Gasteiger partial charge in [-0.1, -0.05) is 33.8 Å². The van der Waals surface area contributed by atoms with E-state index >= 15 is 0 Å². The number of aromatic nitrogens is 1. The van der Waals surface area contributed by atoms with Gasteiger partial charge in [0.25, 0.3) is 5.91 Å². The quantitative estimate of drug-likeness (QED) is 0.600. The van der Waals surface area contributed by atoms with Gasteiger partial charge in [-0.25, -0.2) is 9.98 Å². The highest BCUT2D eigenvalue weighted by molar-refractivity contribution is 5.94. The van der Waals surface area contributed by atoms with Crippen LogP contribution in [0.1, 0.15) is 71.3 Å². The number of carbonyl (C=O) groups is 1. The van der Waals surface area contributed by atoms with Gasteiger partial charge in [0, 0.05) is 12.7 Å². The van der Waals surface area contributed by atoms with Gasteiger partial charge >= 0.3 is 0 Å².